The number of unbranched alkanes of at least 4 members (excludes halogenated alkanes) is 35. The maximum atomic E-state index is 12.0. The molecule has 0 N–H and O–H groups in total. The summed E-state index contributed by atoms with van der Waals surface area (Å²) in [5.74, 6) is -0.00298. The molecule has 0 amide bonds. The Morgan fingerprint density at radius 2 is 0.440 bits per heavy atom. The number of hydrogen-bond donors (Lipinski definition) is 0. The van der Waals surface area contributed by atoms with Crippen LogP contribution < -0.4 is 0 Å². The van der Waals surface area contributed by atoms with Crippen molar-refractivity contribution in [2.45, 2.75) is 271 Å². The number of carbonyl (C=O) groups is 2. The molecule has 4 nitrogen and oxygen atoms in total. The van der Waals surface area contributed by atoms with E-state index in [9.17, 15) is 9.59 Å². The van der Waals surface area contributed by atoms with Crippen molar-refractivity contribution < 1.29 is 19.1 Å². The van der Waals surface area contributed by atoms with Gasteiger partial charge in [-0.25, -0.2) is 0 Å². The minimum atomic E-state index is -0.00149. The van der Waals surface area contributed by atoms with Gasteiger partial charge in [-0.2, -0.15) is 0 Å². The summed E-state index contributed by atoms with van der Waals surface area (Å²) in [4.78, 5) is 24.0. The lowest BCUT2D eigenvalue weighted by atomic mass is 10.0. The highest BCUT2D eigenvalue weighted by atomic mass is 16.5. The Morgan fingerprint density at radius 1 is 0.260 bits per heavy atom. The summed E-state index contributed by atoms with van der Waals surface area (Å²) in [6.45, 7) is 5.78. The second-order valence-electron chi connectivity index (χ2n) is 15.7. The van der Waals surface area contributed by atoms with Crippen LogP contribution >= 0.6 is 0 Å². The molecule has 0 saturated heterocycles. The van der Waals surface area contributed by atoms with Gasteiger partial charge in [0, 0.05) is 12.8 Å². The molecule has 0 bridgehead atoms. The highest BCUT2D eigenvalue weighted by Crippen LogP contribution is 2.16. The topological polar surface area (TPSA) is 52.6 Å². The first-order valence-corrected chi connectivity index (χ1v) is 23.0. The molecule has 0 aromatic heterocycles. The van der Waals surface area contributed by atoms with Crippen LogP contribution in [-0.2, 0) is 19.1 Å². The van der Waals surface area contributed by atoms with Crippen LogP contribution in [-0.4, -0.2) is 25.2 Å². The lowest BCUT2D eigenvalue weighted by molar-refractivity contribution is -0.144. The minimum Gasteiger partial charge on any atom is -0.466 e. The normalized spacial score (nSPS) is 11.3. The van der Waals surface area contributed by atoms with Crippen molar-refractivity contribution in [3.05, 3.63) is 0 Å². The third-order valence-electron chi connectivity index (χ3n) is 10.5. The van der Waals surface area contributed by atoms with Crippen LogP contribution in [0.25, 0.3) is 0 Å². The van der Waals surface area contributed by atoms with Crippen molar-refractivity contribution >= 4 is 11.9 Å². The first kappa shape index (κ1) is 48.9. The van der Waals surface area contributed by atoms with Crippen LogP contribution in [0.4, 0.5) is 0 Å². The molecule has 0 unspecified atom stereocenters. The standard InChI is InChI=1S/C46H90O4/c1-3-5-7-9-11-13-15-17-19-23-27-31-35-39-43-49-45(47)41-37-33-29-25-21-22-26-30-34-38-42-46(48)50-44-40-36-32-28-24-20-18-16-14-12-10-8-6-4-2/h3-44H2,1-2H3. The molecule has 0 radical (unpaired) electrons. The van der Waals surface area contributed by atoms with E-state index in [4.69, 9.17) is 9.47 Å². The third-order valence-corrected chi connectivity index (χ3v) is 10.5. The fourth-order valence-corrected chi connectivity index (χ4v) is 7.06. The van der Waals surface area contributed by atoms with E-state index in [0.29, 0.717) is 26.1 Å². The zero-order valence-corrected chi connectivity index (χ0v) is 34.3. The van der Waals surface area contributed by atoms with Crippen LogP contribution in [0.2, 0.25) is 0 Å². The van der Waals surface area contributed by atoms with E-state index in [1.807, 2.05) is 0 Å². The Bertz CT molecular complexity index is 607. The molecule has 0 rings (SSSR count). The van der Waals surface area contributed by atoms with Crippen LogP contribution in [0.5, 0.6) is 0 Å². The van der Waals surface area contributed by atoms with Crippen molar-refractivity contribution in [1.29, 1.82) is 0 Å². The highest BCUT2D eigenvalue weighted by molar-refractivity contribution is 5.69. The van der Waals surface area contributed by atoms with Crippen molar-refractivity contribution in [2.75, 3.05) is 13.2 Å². The van der Waals surface area contributed by atoms with Gasteiger partial charge < -0.3 is 9.47 Å². The fraction of sp³-hybridized carbons (Fsp3) is 0.957. The molecule has 0 atom stereocenters. The average molecular weight is 707 g/mol. The number of esters is 2. The van der Waals surface area contributed by atoms with Gasteiger partial charge in [-0.3, -0.25) is 9.59 Å². The van der Waals surface area contributed by atoms with Gasteiger partial charge >= 0.3 is 11.9 Å². The Kier molecular flexibility index (Phi) is 43.2. The molecule has 0 spiro atoms. The number of rotatable bonds is 43. The van der Waals surface area contributed by atoms with Crippen molar-refractivity contribution in [3.63, 3.8) is 0 Å². The van der Waals surface area contributed by atoms with Gasteiger partial charge in [-0.1, -0.05) is 232 Å². The van der Waals surface area contributed by atoms with Gasteiger partial charge in [-0.15, -0.1) is 0 Å². The smallest absolute Gasteiger partial charge is 0.305 e. The first-order valence-electron chi connectivity index (χ1n) is 23.0. The van der Waals surface area contributed by atoms with E-state index < -0.39 is 0 Å². The molecular weight excluding hydrogens is 617 g/mol. The fourth-order valence-electron chi connectivity index (χ4n) is 7.06. The monoisotopic (exact) mass is 707 g/mol. The quantitative estimate of drug-likeness (QED) is 0.0468. The second kappa shape index (κ2) is 44.1. The van der Waals surface area contributed by atoms with Gasteiger partial charge in [0.2, 0.25) is 0 Å². The summed E-state index contributed by atoms with van der Waals surface area (Å²) in [7, 11) is 0. The van der Waals surface area contributed by atoms with Gasteiger partial charge in [0.05, 0.1) is 13.2 Å². The maximum absolute atomic E-state index is 12.0. The molecule has 0 aliphatic heterocycles. The lowest BCUT2D eigenvalue weighted by Gasteiger charge is -2.06. The third kappa shape index (κ3) is 43.1. The van der Waals surface area contributed by atoms with E-state index >= 15 is 0 Å². The van der Waals surface area contributed by atoms with E-state index in [-0.39, 0.29) is 11.9 Å². The maximum Gasteiger partial charge on any atom is 0.305 e. The molecule has 0 aliphatic rings. The average Bonchev–Trinajstić information content (AvgIpc) is 3.12. The van der Waals surface area contributed by atoms with E-state index in [0.717, 1.165) is 38.5 Å². The summed E-state index contributed by atoms with van der Waals surface area (Å²) < 4.78 is 10.9. The number of ether oxygens (including phenoxy) is 2. The summed E-state index contributed by atoms with van der Waals surface area (Å²) >= 11 is 0. The molecule has 0 aliphatic carbocycles. The number of carbonyl (C=O) groups excluding carboxylic acids is 2. The molecule has 50 heavy (non-hydrogen) atoms. The van der Waals surface area contributed by atoms with Crippen LogP contribution in [0.15, 0.2) is 0 Å². The Labute approximate surface area is 314 Å². The Balaban J connectivity index is 3.22. The largest absolute Gasteiger partial charge is 0.466 e. The van der Waals surface area contributed by atoms with Gasteiger partial charge in [0.1, 0.15) is 0 Å². The molecule has 0 saturated carbocycles. The van der Waals surface area contributed by atoms with Crippen LogP contribution in [0.3, 0.4) is 0 Å². The lowest BCUT2D eigenvalue weighted by Crippen LogP contribution is -2.05. The molecule has 4 heteroatoms. The van der Waals surface area contributed by atoms with E-state index in [1.54, 1.807) is 0 Å². The molecule has 0 heterocycles. The Morgan fingerprint density at radius 3 is 0.660 bits per heavy atom. The SMILES string of the molecule is CCCCCCCCCCCCCCCCOC(=O)CCCCCCCCCCCCC(=O)OCCCCCCCCCCCCCCCC. The van der Waals surface area contributed by atoms with Crippen molar-refractivity contribution in [1.82, 2.24) is 0 Å². The molecule has 0 fully saturated rings. The predicted octanol–water partition coefficient (Wildman–Crippen LogP) is 15.7. The van der Waals surface area contributed by atoms with Gasteiger partial charge in [-0.05, 0) is 25.7 Å². The molecule has 0 aromatic rings. The van der Waals surface area contributed by atoms with Crippen LogP contribution in [0.1, 0.15) is 271 Å². The Hall–Kier alpha value is -1.06. The second-order valence-corrected chi connectivity index (χ2v) is 15.7. The molecular formula is C46H90O4. The highest BCUT2D eigenvalue weighted by Gasteiger charge is 2.04. The van der Waals surface area contributed by atoms with Gasteiger partial charge in [0.15, 0.2) is 0 Å². The zero-order valence-electron chi connectivity index (χ0n) is 34.3. The summed E-state index contributed by atoms with van der Waals surface area (Å²) in [5.41, 5.74) is 0. The minimum absolute atomic E-state index is 0.00149. The van der Waals surface area contributed by atoms with Crippen molar-refractivity contribution in [2.24, 2.45) is 0 Å². The van der Waals surface area contributed by atoms with E-state index in [1.165, 1.54) is 205 Å². The molecule has 298 valence electrons. The van der Waals surface area contributed by atoms with Crippen molar-refractivity contribution in [3.8, 4) is 0 Å². The van der Waals surface area contributed by atoms with Crippen LogP contribution in [0, 0.1) is 0 Å². The van der Waals surface area contributed by atoms with E-state index in [2.05, 4.69) is 13.8 Å². The summed E-state index contributed by atoms with van der Waals surface area (Å²) in [6, 6.07) is 0. The zero-order chi connectivity index (χ0) is 36.3. The first-order chi connectivity index (χ1) is 24.7. The van der Waals surface area contributed by atoms with Gasteiger partial charge in [0.25, 0.3) is 0 Å². The number of hydrogen-bond acceptors (Lipinski definition) is 4. The molecule has 0 aromatic carbocycles. The summed E-state index contributed by atoms with van der Waals surface area (Å²) in [6.07, 6.45) is 50.7. The predicted molar refractivity (Wildman–Crippen MR) is 218 cm³/mol. The summed E-state index contributed by atoms with van der Waals surface area (Å²) in [5, 5.41) is 0.